The van der Waals surface area contributed by atoms with E-state index >= 15 is 0 Å². The summed E-state index contributed by atoms with van der Waals surface area (Å²) in [6, 6.07) is 11.8. The summed E-state index contributed by atoms with van der Waals surface area (Å²) in [5, 5.41) is 0. The van der Waals surface area contributed by atoms with Gasteiger partial charge in [-0.2, -0.15) is 0 Å². The third-order valence-electron chi connectivity index (χ3n) is 5.32. The van der Waals surface area contributed by atoms with Gasteiger partial charge in [-0.1, -0.05) is 26.7 Å². The van der Waals surface area contributed by atoms with E-state index in [0.29, 0.717) is 23.0 Å². The Morgan fingerprint density at radius 1 is 0.781 bits per heavy atom. The minimum atomic E-state index is -0.708. The van der Waals surface area contributed by atoms with E-state index in [-0.39, 0.29) is 19.0 Å². The Bertz CT molecular complexity index is 859. The molecule has 0 spiro atoms. The van der Waals surface area contributed by atoms with Gasteiger partial charge < -0.3 is 18.9 Å². The molecule has 2 aromatic rings. The molecule has 0 radical (unpaired) electrons. The third kappa shape index (κ3) is 5.67. The second-order valence-electron chi connectivity index (χ2n) is 7.86. The lowest BCUT2D eigenvalue weighted by molar-refractivity contribution is -0.137. The highest BCUT2D eigenvalue weighted by Gasteiger charge is 2.37. The molecule has 172 valence electrons. The van der Waals surface area contributed by atoms with Gasteiger partial charge in [0.25, 0.3) is 0 Å². The molecule has 2 heterocycles. The fourth-order valence-corrected chi connectivity index (χ4v) is 5.49. The number of ether oxygens (including phenoxy) is 4. The van der Waals surface area contributed by atoms with Crippen LogP contribution in [0.15, 0.2) is 46.2 Å². The highest BCUT2D eigenvalue weighted by Crippen LogP contribution is 2.38. The molecule has 0 aromatic heterocycles. The first-order chi connectivity index (χ1) is 15.7. The van der Waals surface area contributed by atoms with E-state index < -0.39 is 12.2 Å². The van der Waals surface area contributed by atoms with Crippen LogP contribution in [-0.2, 0) is 4.79 Å². The fraction of sp³-hybridized carbons (Fsp3) is 0.480. The summed E-state index contributed by atoms with van der Waals surface area (Å²) >= 11 is 3.61. The van der Waals surface area contributed by atoms with Crippen molar-refractivity contribution in [2.24, 2.45) is 0 Å². The number of Topliss-reactive ketones (excluding diaryl/α,β-unsaturated/α-hetero) is 1. The van der Waals surface area contributed by atoms with Gasteiger partial charge in [0, 0.05) is 9.79 Å². The number of ketones is 1. The number of rotatable bonds is 10. The van der Waals surface area contributed by atoms with Gasteiger partial charge in [0.1, 0.15) is 13.2 Å². The normalized spacial score (nSPS) is 18.9. The quantitative estimate of drug-likeness (QED) is 0.308. The van der Waals surface area contributed by atoms with Crippen LogP contribution in [0.5, 0.6) is 23.0 Å². The molecular weight excluding hydrogens is 444 g/mol. The molecule has 32 heavy (non-hydrogen) atoms. The third-order valence-corrected chi connectivity index (χ3v) is 7.48. The zero-order valence-corrected chi connectivity index (χ0v) is 20.3. The lowest BCUT2D eigenvalue weighted by Crippen LogP contribution is -2.48. The average Bonchev–Trinajstić information content (AvgIpc) is 2.83. The van der Waals surface area contributed by atoms with Crippen molar-refractivity contribution in [1.82, 2.24) is 0 Å². The van der Waals surface area contributed by atoms with Crippen molar-refractivity contribution in [3.8, 4) is 23.0 Å². The van der Waals surface area contributed by atoms with Gasteiger partial charge >= 0.3 is 0 Å². The van der Waals surface area contributed by atoms with Crippen LogP contribution in [0.1, 0.15) is 39.5 Å². The summed E-state index contributed by atoms with van der Waals surface area (Å²) in [4.78, 5) is 15.3. The SMILES string of the molecule is CCCCSc1ccc2c(c1)OCC(C(=O)C1COc3cc(SCCCC)ccc3O1)O2. The van der Waals surface area contributed by atoms with Crippen LogP contribution in [-0.4, -0.2) is 42.7 Å². The smallest absolute Gasteiger partial charge is 0.220 e. The largest absolute Gasteiger partial charge is 0.485 e. The summed E-state index contributed by atoms with van der Waals surface area (Å²) in [6.07, 6.45) is 3.30. The van der Waals surface area contributed by atoms with Gasteiger partial charge in [-0.05, 0) is 60.7 Å². The summed E-state index contributed by atoms with van der Waals surface area (Å²) in [5.41, 5.74) is 0. The van der Waals surface area contributed by atoms with E-state index in [0.717, 1.165) is 21.3 Å². The molecule has 2 atom stereocenters. The molecule has 2 aliphatic heterocycles. The van der Waals surface area contributed by atoms with E-state index in [1.54, 1.807) is 23.5 Å². The molecule has 2 aromatic carbocycles. The Labute approximate surface area is 198 Å². The van der Waals surface area contributed by atoms with Crippen molar-refractivity contribution in [2.45, 2.75) is 61.5 Å². The topological polar surface area (TPSA) is 54.0 Å². The molecule has 0 saturated carbocycles. The van der Waals surface area contributed by atoms with Gasteiger partial charge in [0.05, 0.1) is 0 Å². The summed E-state index contributed by atoms with van der Waals surface area (Å²) < 4.78 is 23.7. The lowest BCUT2D eigenvalue weighted by atomic mass is 10.1. The number of carbonyl (C=O) groups is 1. The molecule has 0 bridgehead atoms. The number of carbonyl (C=O) groups excluding carboxylic acids is 1. The van der Waals surface area contributed by atoms with E-state index in [1.165, 1.54) is 25.7 Å². The summed E-state index contributed by atoms with van der Waals surface area (Å²) in [7, 11) is 0. The van der Waals surface area contributed by atoms with Crippen molar-refractivity contribution >= 4 is 29.3 Å². The molecular formula is C25H30O5S2. The minimum absolute atomic E-state index is 0.163. The first-order valence-electron chi connectivity index (χ1n) is 11.3. The average molecular weight is 475 g/mol. The molecule has 0 fully saturated rings. The van der Waals surface area contributed by atoms with Crippen LogP contribution >= 0.6 is 23.5 Å². The highest BCUT2D eigenvalue weighted by molar-refractivity contribution is 7.99. The van der Waals surface area contributed by atoms with E-state index in [2.05, 4.69) is 13.8 Å². The van der Waals surface area contributed by atoms with Crippen molar-refractivity contribution in [2.75, 3.05) is 24.7 Å². The van der Waals surface area contributed by atoms with Crippen LogP contribution in [0.3, 0.4) is 0 Å². The van der Waals surface area contributed by atoms with Crippen molar-refractivity contribution in [1.29, 1.82) is 0 Å². The highest BCUT2D eigenvalue weighted by atomic mass is 32.2. The Kier molecular flexibility index (Phi) is 8.14. The fourth-order valence-electron chi connectivity index (χ4n) is 3.44. The maximum Gasteiger partial charge on any atom is 0.220 e. The van der Waals surface area contributed by atoms with Gasteiger partial charge in [-0.25, -0.2) is 0 Å². The number of fused-ring (bicyclic) bond motifs is 2. The standard InChI is InChI=1S/C25H30O5S2/c1-3-5-11-31-17-7-9-19-21(13-17)27-15-23(29-19)25(26)24-16-28-22-14-18(32-12-6-4-2)8-10-20(22)30-24/h7-10,13-14,23-24H,3-6,11-12,15-16H2,1-2H3. The van der Waals surface area contributed by atoms with Crippen LogP contribution < -0.4 is 18.9 Å². The molecule has 0 N–H and O–H groups in total. The van der Waals surface area contributed by atoms with Gasteiger partial charge in [0.15, 0.2) is 35.2 Å². The summed E-state index contributed by atoms with van der Waals surface area (Å²) in [5.74, 6) is 4.57. The maximum absolute atomic E-state index is 13.0. The zero-order chi connectivity index (χ0) is 22.3. The molecule has 0 saturated heterocycles. The molecule has 4 rings (SSSR count). The van der Waals surface area contributed by atoms with Crippen LogP contribution in [0.2, 0.25) is 0 Å². The first-order valence-corrected chi connectivity index (χ1v) is 13.3. The van der Waals surface area contributed by atoms with E-state index in [4.69, 9.17) is 18.9 Å². The number of unbranched alkanes of at least 4 members (excludes halogenated alkanes) is 2. The Morgan fingerprint density at radius 3 is 1.69 bits per heavy atom. The lowest BCUT2D eigenvalue weighted by Gasteiger charge is -2.31. The zero-order valence-electron chi connectivity index (χ0n) is 18.6. The number of benzene rings is 2. The number of hydrogen-bond acceptors (Lipinski definition) is 7. The van der Waals surface area contributed by atoms with Crippen molar-refractivity contribution in [3.63, 3.8) is 0 Å². The van der Waals surface area contributed by atoms with Crippen LogP contribution in [0.4, 0.5) is 0 Å². The molecule has 0 aliphatic carbocycles. The van der Waals surface area contributed by atoms with Crippen LogP contribution in [0, 0.1) is 0 Å². The first kappa shape index (κ1) is 23.2. The molecule has 2 aliphatic rings. The van der Waals surface area contributed by atoms with Gasteiger partial charge in [-0.15, -0.1) is 23.5 Å². The maximum atomic E-state index is 13.0. The molecule has 5 nitrogen and oxygen atoms in total. The monoisotopic (exact) mass is 474 g/mol. The second-order valence-corrected chi connectivity index (χ2v) is 10.2. The van der Waals surface area contributed by atoms with Gasteiger partial charge in [-0.3, -0.25) is 4.79 Å². The van der Waals surface area contributed by atoms with Gasteiger partial charge in [0.2, 0.25) is 5.78 Å². The van der Waals surface area contributed by atoms with E-state index in [9.17, 15) is 4.79 Å². The predicted molar refractivity (Wildman–Crippen MR) is 129 cm³/mol. The van der Waals surface area contributed by atoms with E-state index in [1.807, 2.05) is 36.4 Å². The Morgan fingerprint density at radius 2 is 1.25 bits per heavy atom. The molecule has 7 heteroatoms. The minimum Gasteiger partial charge on any atom is -0.485 e. The second kappa shape index (κ2) is 11.2. The predicted octanol–water partition coefficient (Wildman–Crippen LogP) is 6.02. The van der Waals surface area contributed by atoms with Crippen molar-refractivity contribution in [3.05, 3.63) is 36.4 Å². The molecule has 0 amide bonds. The Hall–Kier alpha value is -1.99. The van der Waals surface area contributed by atoms with Crippen LogP contribution in [0.25, 0.3) is 0 Å². The Balaban J connectivity index is 1.34. The van der Waals surface area contributed by atoms with Crippen molar-refractivity contribution < 1.29 is 23.7 Å². The number of thioether (sulfide) groups is 2. The summed E-state index contributed by atoms with van der Waals surface area (Å²) in [6.45, 7) is 4.72. The number of hydrogen-bond donors (Lipinski definition) is 0. The molecule has 2 unspecified atom stereocenters.